The lowest BCUT2D eigenvalue weighted by Crippen LogP contribution is -2.32. The zero-order valence-corrected chi connectivity index (χ0v) is 16.5. The Morgan fingerprint density at radius 1 is 1.23 bits per heavy atom. The average Bonchev–Trinajstić information content (AvgIpc) is 3.01. The summed E-state index contributed by atoms with van der Waals surface area (Å²) in [6.45, 7) is 4.21. The van der Waals surface area contributed by atoms with E-state index in [2.05, 4.69) is 6.58 Å². The van der Waals surface area contributed by atoms with E-state index in [0.29, 0.717) is 23.5 Å². The molecule has 0 spiro atoms. The van der Waals surface area contributed by atoms with E-state index in [9.17, 15) is 19.1 Å². The minimum Gasteiger partial charge on any atom is -0.507 e. The van der Waals surface area contributed by atoms with Gasteiger partial charge in [-0.05, 0) is 42.0 Å². The molecule has 156 valence electrons. The normalized spacial score (nSPS) is 17.9. The molecule has 1 amide bonds. The highest BCUT2D eigenvalue weighted by molar-refractivity contribution is 6.46. The van der Waals surface area contributed by atoms with Crippen LogP contribution in [-0.2, 0) is 14.3 Å². The Kier molecular flexibility index (Phi) is 6.64. The number of benzene rings is 2. The Morgan fingerprint density at radius 3 is 2.60 bits per heavy atom. The summed E-state index contributed by atoms with van der Waals surface area (Å²) in [5.74, 6) is -1.88. The van der Waals surface area contributed by atoms with Crippen LogP contribution in [0.15, 0.2) is 66.8 Å². The molecule has 1 N–H and O–H groups in total. The minimum atomic E-state index is -0.924. The van der Waals surface area contributed by atoms with Crippen LogP contribution < -0.4 is 4.74 Å². The van der Waals surface area contributed by atoms with Gasteiger partial charge < -0.3 is 19.5 Å². The van der Waals surface area contributed by atoms with E-state index in [1.54, 1.807) is 36.4 Å². The maximum Gasteiger partial charge on any atom is 0.295 e. The number of ketones is 1. The number of carbonyl (C=O) groups excluding carboxylic acids is 2. The summed E-state index contributed by atoms with van der Waals surface area (Å²) in [6.07, 6.45) is 1.61. The standard InChI is InChI=1S/C23H22FNO5/c1-3-12-30-18-9-7-15(8-10-18)21(26)19-20(16-5-4-6-17(24)14-16)25(11-13-29-2)23(28)22(19)27/h3-10,14,20,26H,1,11-13H2,2H3/b21-19+. The Labute approximate surface area is 173 Å². The van der Waals surface area contributed by atoms with Crippen LogP contribution in [0.1, 0.15) is 17.2 Å². The van der Waals surface area contributed by atoms with Crippen molar-refractivity contribution in [1.29, 1.82) is 0 Å². The van der Waals surface area contributed by atoms with E-state index in [0.717, 1.165) is 0 Å². The fraction of sp³-hybridized carbons (Fsp3) is 0.217. The monoisotopic (exact) mass is 411 g/mol. The summed E-state index contributed by atoms with van der Waals surface area (Å²) in [7, 11) is 1.48. The Hall–Kier alpha value is -3.45. The van der Waals surface area contributed by atoms with Crippen LogP contribution in [0.3, 0.4) is 0 Å². The maximum atomic E-state index is 13.9. The van der Waals surface area contributed by atoms with Crippen LogP contribution in [0, 0.1) is 5.82 Å². The van der Waals surface area contributed by atoms with Gasteiger partial charge in [-0.15, -0.1) is 0 Å². The number of methoxy groups -OCH3 is 1. The van der Waals surface area contributed by atoms with Gasteiger partial charge in [0.1, 0.15) is 23.9 Å². The molecule has 3 rings (SSSR count). The number of hydrogen-bond acceptors (Lipinski definition) is 5. The summed E-state index contributed by atoms with van der Waals surface area (Å²) in [5, 5.41) is 10.9. The number of hydrogen-bond donors (Lipinski definition) is 1. The molecule has 2 aromatic rings. The maximum absolute atomic E-state index is 13.9. The molecule has 0 aromatic heterocycles. The molecule has 0 bridgehead atoms. The Bertz CT molecular complexity index is 983. The number of aliphatic hydroxyl groups is 1. The molecule has 1 atom stereocenters. The van der Waals surface area contributed by atoms with E-state index in [4.69, 9.17) is 9.47 Å². The fourth-order valence-corrected chi connectivity index (χ4v) is 3.34. The fourth-order valence-electron chi connectivity index (χ4n) is 3.34. The molecule has 0 radical (unpaired) electrons. The highest BCUT2D eigenvalue weighted by atomic mass is 19.1. The number of aliphatic hydroxyl groups excluding tert-OH is 1. The Balaban J connectivity index is 2.07. The van der Waals surface area contributed by atoms with Crippen LogP contribution in [0.25, 0.3) is 5.76 Å². The van der Waals surface area contributed by atoms with Gasteiger partial charge in [-0.1, -0.05) is 24.8 Å². The van der Waals surface area contributed by atoms with Crippen molar-refractivity contribution in [1.82, 2.24) is 4.90 Å². The number of likely N-dealkylation sites (tertiary alicyclic amines) is 1. The minimum absolute atomic E-state index is 0.0959. The van der Waals surface area contributed by atoms with Gasteiger partial charge in [0.25, 0.3) is 11.7 Å². The molecule has 7 heteroatoms. The van der Waals surface area contributed by atoms with E-state index in [1.807, 2.05) is 0 Å². The molecular weight excluding hydrogens is 389 g/mol. The number of Topliss-reactive ketones (excluding diaryl/α,β-unsaturated/α-hetero) is 1. The molecule has 1 aliphatic rings. The lowest BCUT2D eigenvalue weighted by molar-refractivity contribution is -0.140. The third kappa shape index (κ3) is 4.26. The van der Waals surface area contributed by atoms with Gasteiger partial charge in [0.05, 0.1) is 18.2 Å². The molecular formula is C23H22FNO5. The first kappa shape index (κ1) is 21.3. The topological polar surface area (TPSA) is 76.1 Å². The van der Waals surface area contributed by atoms with Gasteiger partial charge in [0, 0.05) is 19.2 Å². The molecule has 2 aromatic carbocycles. The van der Waals surface area contributed by atoms with Gasteiger partial charge in [-0.2, -0.15) is 0 Å². The second-order valence-electron chi connectivity index (χ2n) is 6.66. The van der Waals surface area contributed by atoms with Crippen LogP contribution in [0.4, 0.5) is 4.39 Å². The molecule has 1 aliphatic heterocycles. The molecule has 1 saturated heterocycles. The summed E-state index contributed by atoms with van der Waals surface area (Å²) in [4.78, 5) is 26.7. The van der Waals surface area contributed by atoms with Crippen LogP contribution in [-0.4, -0.2) is 48.6 Å². The van der Waals surface area contributed by atoms with E-state index in [1.165, 1.54) is 30.2 Å². The lowest BCUT2D eigenvalue weighted by atomic mass is 9.95. The van der Waals surface area contributed by atoms with Crippen molar-refractivity contribution in [3.63, 3.8) is 0 Å². The smallest absolute Gasteiger partial charge is 0.295 e. The summed E-state index contributed by atoms with van der Waals surface area (Å²) < 4.78 is 24.3. The highest BCUT2D eigenvalue weighted by Gasteiger charge is 2.45. The zero-order chi connectivity index (χ0) is 21.7. The van der Waals surface area contributed by atoms with Gasteiger partial charge in [0.2, 0.25) is 0 Å². The van der Waals surface area contributed by atoms with Gasteiger partial charge in [-0.25, -0.2) is 4.39 Å². The van der Waals surface area contributed by atoms with Gasteiger partial charge in [0.15, 0.2) is 0 Å². The molecule has 30 heavy (non-hydrogen) atoms. The third-order valence-corrected chi connectivity index (χ3v) is 4.74. The first-order chi connectivity index (χ1) is 14.5. The largest absolute Gasteiger partial charge is 0.507 e. The predicted octanol–water partition coefficient (Wildman–Crippen LogP) is 3.46. The molecule has 0 aliphatic carbocycles. The van der Waals surface area contributed by atoms with Crippen LogP contribution in [0.2, 0.25) is 0 Å². The molecule has 0 saturated carbocycles. The lowest BCUT2D eigenvalue weighted by Gasteiger charge is -2.25. The quantitative estimate of drug-likeness (QED) is 0.312. The Morgan fingerprint density at radius 2 is 1.97 bits per heavy atom. The zero-order valence-electron chi connectivity index (χ0n) is 16.5. The number of amides is 1. The number of rotatable bonds is 8. The second kappa shape index (κ2) is 9.37. The van der Waals surface area contributed by atoms with Crippen molar-refractivity contribution < 1.29 is 28.6 Å². The number of halogens is 1. The molecule has 1 heterocycles. The van der Waals surface area contributed by atoms with Crippen molar-refractivity contribution in [3.8, 4) is 5.75 Å². The van der Waals surface area contributed by atoms with Crippen molar-refractivity contribution in [2.24, 2.45) is 0 Å². The molecule has 1 fully saturated rings. The van der Waals surface area contributed by atoms with Crippen molar-refractivity contribution in [2.45, 2.75) is 6.04 Å². The van der Waals surface area contributed by atoms with Crippen molar-refractivity contribution in [3.05, 3.63) is 83.7 Å². The summed E-state index contributed by atoms with van der Waals surface area (Å²) in [5.41, 5.74) is 0.631. The van der Waals surface area contributed by atoms with E-state index >= 15 is 0 Å². The average molecular weight is 411 g/mol. The van der Waals surface area contributed by atoms with Crippen LogP contribution in [0.5, 0.6) is 5.75 Å². The molecule has 1 unspecified atom stereocenters. The van der Waals surface area contributed by atoms with Crippen molar-refractivity contribution >= 4 is 17.4 Å². The number of carbonyl (C=O) groups is 2. The van der Waals surface area contributed by atoms with Gasteiger partial charge in [-0.3, -0.25) is 9.59 Å². The number of ether oxygens (including phenoxy) is 2. The third-order valence-electron chi connectivity index (χ3n) is 4.74. The number of nitrogens with zero attached hydrogens (tertiary/aromatic N) is 1. The SMILES string of the molecule is C=CCOc1ccc(/C(O)=C2\C(=O)C(=O)N(CCOC)C2c2cccc(F)c2)cc1. The van der Waals surface area contributed by atoms with E-state index in [-0.39, 0.29) is 24.5 Å². The van der Waals surface area contributed by atoms with Crippen molar-refractivity contribution in [2.75, 3.05) is 26.9 Å². The summed E-state index contributed by atoms with van der Waals surface area (Å²) >= 11 is 0. The molecule has 6 nitrogen and oxygen atoms in total. The predicted molar refractivity (Wildman–Crippen MR) is 109 cm³/mol. The first-order valence-electron chi connectivity index (χ1n) is 9.35. The van der Waals surface area contributed by atoms with Gasteiger partial charge >= 0.3 is 0 Å². The second-order valence-corrected chi connectivity index (χ2v) is 6.66. The first-order valence-corrected chi connectivity index (χ1v) is 9.35. The van der Waals surface area contributed by atoms with Crippen LogP contribution >= 0.6 is 0 Å². The summed E-state index contributed by atoms with van der Waals surface area (Å²) in [6, 6.07) is 11.1. The highest BCUT2D eigenvalue weighted by Crippen LogP contribution is 2.39. The van der Waals surface area contributed by atoms with E-state index < -0.39 is 23.5 Å².